The van der Waals surface area contributed by atoms with Crippen LogP contribution in [0.25, 0.3) is 0 Å². The minimum Gasteiger partial charge on any atom is -0.488 e. The van der Waals surface area contributed by atoms with E-state index in [1.165, 1.54) is 6.21 Å². The minimum absolute atomic E-state index is 0.395. The van der Waals surface area contributed by atoms with Gasteiger partial charge in [-0.05, 0) is 49.2 Å². The molecule has 0 atom stereocenters. The van der Waals surface area contributed by atoms with E-state index in [2.05, 4.69) is 0 Å². The fourth-order valence-electron chi connectivity index (χ4n) is 2.06. The predicted octanol–water partition coefficient (Wildman–Crippen LogP) is 3.42. The number of carbonyl (C=O) groups is 1. The molecule has 0 aliphatic carbocycles. The lowest BCUT2D eigenvalue weighted by Crippen LogP contribution is -2.00. The highest BCUT2D eigenvalue weighted by molar-refractivity contribution is 5.81. The lowest BCUT2D eigenvalue weighted by Gasteiger charge is -2.11. The molecule has 21 heavy (non-hydrogen) atoms. The highest BCUT2D eigenvalue weighted by Gasteiger charge is 2.05. The third-order valence-electron chi connectivity index (χ3n) is 3.13. The maximum Gasteiger partial charge on any atom is 0.298 e. The van der Waals surface area contributed by atoms with Gasteiger partial charge in [0.1, 0.15) is 18.1 Å². The second-order valence-electron chi connectivity index (χ2n) is 4.79. The molecule has 108 valence electrons. The van der Waals surface area contributed by atoms with Crippen LogP contribution < -0.4 is 9.47 Å². The van der Waals surface area contributed by atoms with Crippen molar-refractivity contribution in [3.05, 3.63) is 58.7 Å². The normalized spacial score (nSPS) is 10.0. The molecule has 0 radical (unpaired) electrons. The van der Waals surface area contributed by atoms with Crippen LogP contribution >= 0.6 is 0 Å². The summed E-state index contributed by atoms with van der Waals surface area (Å²) in [5.74, 6) is 1.23. The molecule has 4 heteroatoms. The summed E-state index contributed by atoms with van der Waals surface area (Å²) in [5, 5.41) is 7.42. The van der Waals surface area contributed by atoms with Crippen molar-refractivity contribution in [2.45, 2.75) is 20.5 Å². The second kappa shape index (κ2) is 6.70. The van der Waals surface area contributed by atoms with E-state index in [0.29, 0.717) is 24.6 Å². The van der Waals surface area contributed by atoms with Crippen LogP contribution in [-0.2, 0) is 11.4 Å². The molecule has 1 N–H and O–H groups in total. The summed E-state index contributed by atoms with van der Waals surface area (Å²) >= 11 is 0. The van der Waals surface area contributed by atoms with Crippen LogP contribution in [0.2, 0.25) is 0 Å². The number of hydrogen-bond donors (Lipinski definition) is 1. The van der Waals surface area contributed by atoms with Crippen LogP contribution in [0.5, 0.6) is 11.5 Å². The lowest BCUT2D eigenvalue weighted by molar-refractivity contribution is -0.120. The van der Waals surface area contributed by atoms with E-state index < -0.39 is 0 Å². The Morgan fingerprint density at radius 3 is 2.52 bits per heavy atom. The molecule has 4 nitrogen and oxygen atoms in total. The van der Waals surface area contributed by atoms with Gasteiger partial charge in [-0.15, -0.1) is 0 Å². The molecule has 2 aromatic carbocycles. The quantitative estimate of drug-likeness (QED) is 0.652. The summed E-state index contributed by atoms with van der Waals surface area (Å²) in [6.45, 7) is 4.66. The van der Waals surface area contributed by atoms with Gasteiger partial charge in [0.25, 0.3) is 6.47 Å². The van der Waals surface area contributed by atoms with Gasteiger partial charge in [-0.3, -0.25) is 4.79 Å². The molecule has 0 aromatic heterocycles. The van der Waals surface area contributed by atoms with E-state index >= 15 is 0 Å². The van der Waals surface area contributed by atoms with Crippen LogP contribution in [0.4, 0.5) is 0 Å². The van der Waals surface area contributed by atoms with Crippen molar-refractivity contribution in [3.8, 4) is 11.5 Å². The Morgan fingerprint density at radius 2 is 1.86 bits per heavy atom. The summed E-state index contributed by atoms with van der Waals surface area (Å²) < 4.78 is 10.6. The molecule has 0 unspecified atom stereocenters. The van der Waals surface area contributed by atoms with Crippen LogP contribution in [0.1, 0.15) is 22.3 Å². The van der Waals surface area contributed by atoms with Crippen LogP contribution in [0, 0.1) is 19.3 Å². The lowest BCUT2D eigenvalue weighted by atomic mass is 10.1. The van der Waals surface area contributed by atoms with E-state index in [9.17, 15) is 4.79 Å². The van der Waals surface area contributed by atoms with Gasteiger partial charge in [0.05, 0.1) is 0 Å². The number of ether oxygens (including phenoxy) is 2. The van der Waals surface area contributed by atoms with Crippen molar-refractivity contribution >= 4 is 12.7 Å². The van der Waals surface area contributed by atoms with Gasteiger partial charge in [0, 0.05) is 11.8 Å². The summed E-state index contributed by atoms with van der Waals surface area (Å²) in [5.41, 5.74) is 3.70. The van der Waals surface area contributed by atoms with Crippen molar-refractivity contribution in [1.29, 1.82) is 5.41 Å². The zero-order valence-electron chi connectivity index (χ0n) is 12.1. The predicted molar refractivity (Wildman–Crippen MR) is 81.3 cm³/mol. The van der Waals surface area contributed by atoms with Crippen molar-refractivity contribution in [2.75, 3.05) is 0 Å². The Bertz CT molecular complexity index is 665. The first-order valence-corrected chi connectivity index (χ1v) is 6.58. The standard InChI is InChI=1S/C17H17NO3/c1-12-3-5-17(15(7-12)9-18)20-10-14-4-6-16(21-11-19)13(2)8-14/h3-9,11,18H,10H2,1-2H3. The molecular formula is C17H17NO3. The molecule has 0 aliphatic rings. The number of carbonyl (C=O) groups excluding carboxylic acids is 1. The fourth-order valence-corrected chi connectivity index (χ4v) is 2.06. The summed E-state index contributed by atoms with van der Waals surface area (Å²) in [6.07, 6.45) is 1.29. The average Bonchev–Trinajstić information content (AvgIpc) is 2.48. The number of aryl methyl sites for hydroxylation is 2. The monoisotopic (exact) mass is 283 g/mol. The van der Waals surface area contributed by atoms with E-state index in [1.807, 2.05) is 44.2 Å². The molecule has 0 fully saturated rings. The van der Waals surface area contributed by atoms with Gasteiger partial charge in [0.15, 0.2) is 0 Å². The summed E-state index contributed by atoms with van der Waals surface area (Å²) in [6, 6.07) is 11.2. The average molecular weight is 283 g/mol. The SMILES string of the molecule is Cc1ccc(OCc2ccc(OC=O)c(C)c2)c(C=N)c1. The second-order valence-corrected chi connectivity index (χ2v) is 4.79. The van der Waals surface area contributed by atoms with Gasteiger partial charge in [0.2, 0.25) is 0 Å². The Balaban J connectivity index is 2.11. The van der Waals surface area contributed by atoms with Crippen LogP contribution in [-0.4, -0.2) is 12.7 Å². The van der Waals surface area contributed by atoms with Crippen molar-refractivity contribution < 1.29 is 14.3 Å². The Kier molecular flexibility index (Phi) is 4.72. The molecule has 0 bridgehead atoms. The van der Waals surface area contributed by atoms with Gasteiger partial charge < -0.3 is 14.9 Å². The Morgan fingerprint density at radius 1 is 1.10 bits per heavy atom. The minimum atomic E-state index is 0.395. The van der Waals surface area contributed by atoms with E-state index in [-0.39, 0.29) is 0 Å². The molecule has 0 saturated heterocycles. The van der Waals surface area contributed by atoms with Gasteiger partial charge >= 0.3 is 0 Å². The van der Waals surface area contributed by atoms with E-state index in [4.69, 9.17) is 14.9 Å². The third kappa shape index (κ3) is 3.69. The molecular weight excluding hydrogens is 266 g/mol. The molecule has 0 spiro atoms. The fraction of sp³-hybridized carbons (Fsp3) is 0.176. The first-order chi connectivity index (χ1) is 10.1. The smallest absolute Gasteiger partial charge is 0.298 e. The number of nitrogens with one attached hydrogen (secondary N) is 1. The number of hydrogen-bond acceptors (Lipinski definition) is 4. The molecule has 2 rings (SSSR count). The first-order valence-electron chi connectivity index (χ1n) is 6.58. The van der Waals surface area contributed by atoms with Crippen molar-refractivity contribution in [3.63, 3.8) is 0 Å². The zero-order valence-corrected chi connectivity index (χ0v) is 12.1. The first kappa shape index (κ1) is 14.8. The molecule has 0 saturated carbocycles. The number of benzene rings is 2. The number of rotatable bonds is 6. The topological polar surface area (TPSA) is 59.4 Å². The molecule has 0 aliphatic heterocycles. The molecule has 2 aromatic rings. The molecule has 0 amide bonds. The highest BCUT2D eigenvalue weighted by Crippen LogP contribution is 2.22. The molecule has 0 heterocycles. The van der Waals surface area contributed by atoms with Gasteiger partial charge in [-0.2, -0.15) is 0 Å². The zero-order chi connectivity index (χ0) is 15.2. The van der Waals surface area contributed by atoms with Gasteiger partial charge in [-0.1, -0.05) is 17.7 Å². The van der Waals surface area contributed by atoms with Gasteiger partial charge in [-0.25, -0.2) is 0 Å². The van der Waals surface area contributed by atoms with Crippen molar-refractivity contribution in [2.24, 2.45) is 0 Å². The van der Waals surface area contributed by atoms with Crippen LogP contribution in [0.15, 0.2) is 36.4 Å². The Hall–Kier alpha value is -2.62. The maximum absolute atomic E-state index is 10.4. The summed E-state index contributed by atoms with van der Waals surface area (Å²) in [7, 11) is 0. The highest BCUT2D eigenvalue weighted by atomic mass is 16.5. The largest absolute Gasteiger partial charge is 0.488 e. The maximum atomic E-state index is 10.4. The Labute approximate surface area is 123 Å². The van der Waals surface area contributed by atoms with E-state index in [1.54, 1.807) is 6.07 Å². The van der Waals surface area contributed by atoms with Crippen LogP contribution in [0.3, 0.4) is 0 Å². The van der Waals surface area contributed by atoms with E-state index in [0.717, 1.165) is 22.3 Å². The van der Waals surface area contributed by atoms with Crippen molar-refractivity contribution in [1.82, 2.24) is 0 Å². The third-order valence-corrected chi connectivity index (χ3v) is 3.13. The summed E-state index contributed by atoms with van der Waals surface area (Å²) in [4.78, 5) is 10.4.